The molecule has 1 atom stereocenters. The van der Waals surface area contributed by atoms with E-state index in [1.807, 2.05) is 29.6 Å². The Hall–Kier alpha value is -0.400. The summed E-state index contributed by atoms with van der Waals surface area (Å²) in [6.45, 7) is 0. The number of nitrogens with one attached hydrogen (secondary N) is 1. The summed E-state index contributed by atoms with van der Waals surface area (Å²) in [5.74, 6) is 1.86. The van der Waals surface area contributed by atoms with E-state index >= 15 is 0 Å². The molecule has 0 saturated carbocycles. The van der Waals surface area contributed by atoms with Crippen LogP contribution in [0.15, 0.2) is 16.6 Å². The number of rotatable bonds is 1. The molecule has 3 nitrogen and oxygen atoms in total. The fourth-order valence-electron chi connectivity index (χ4n) is 2.95. The van der Waals surface area contributed by atoms with E-state index in [2.05, 4.69) is 26.0 Å². The van der Waals surface area contributed by atoms with Crippen LogP contribution in [0.4, 0.5) is 9.18 Å². The van der Waals surface area contributed by atoms with Gasteiger partial charge in [0.2, 0.25) is 0 Å². The van der Waals surface area contributed by atoms with Crippen LogP contribution in [0.3, 0.4) is 0 Å². The van der Waals surface area contributed by atoms with E-state index in [1.165, 1.54) is 7.11 Å². The van der Waals surface area contributed by atoms with E-state index in [0.717, 1.165) is 35.5 Å². The van der Waals surface area contributed by atoms with E-state index < -0.39 is 6.09 Å². The maximum absolute atomic E-state index is 14.8. The highest BCUT2D eigenvalue weighted by atomic mass is 79.9. The molecule has 0 bridgehead atoms. The van der Waals surface area contributed by atoms with Crippen molar-refractivity contribution in [3.8, 4) is 0 Å². The molecule has 1 aromatic carbocycles. The second-order valence-corrected chi connectivity index (χ2v) is 8.90. The average molecular weight is 392 g/mol. The third kappa shape index (κ3) is 2.68. The molecule has 21 heavy (non-hydrogen) atoms. The van der Waals surface area contributed by atoms with Crippen molar-refractivity contribution in [2.45, 2.75) is 23.0 Å². The number of thioether (sulfide) groups is 2. The fraction of sp³-hybridized carbons (Fsp3) is 0.500. The van der Waals surface area contributed by atoms with Crippen molar-refractivity contribution in [1.29, 1.82) is 0 Å². The number of carbonyl (C=O) groups is 1. The number of hydrogen-bond acceptors (Lipinski definition) is 4. The Morgan fingerprint density at radius 1 is 1.48 bits per heavy atom. The van der Waals surface area contributed by atoms with Crippen LogP contribution < -0.4 is 5.32 Å². The van der Waals surface area contributed by atoms with E-state index in [1.54, 1.807) is 6.07 Å². The first kappa shape index (κ1) is 15.5. The summed E-state index contributed by atoms with van der Waals surface area (Å²) >= 11 is 6.92. The van der Waals surface area contributed by atoms with Crippen molar-refractivity contribution in [2.24, 2.45) is 0 Å². The van der Waals surface area contributed by atoms with Gasteiger partial charge in [-0.3, -0.25) is 0 Å². The third-order valence-electron chi connectivity index (χ3n) is 3.88. The molecule has 1 unspecified atom stereocenters. The molecule has 7 heteroatoms. The molecule has 1 N–H and O–H groups in total. The molecule has 1 fully saturated rings. The Kier molecular flexibility index (Phi) is 4.43. The van der Waals surface area contributed by atoms with Gasteiger partial charge in [-0.25, -0.2) is 9.18 Å². The summed E-state index contributed by atoms with van der Waals surface area (Å²) in [6, 6.07) is 3.43. The predicted molar refractivity (Wildman–Crippen MR) is 88.2 cm³/mol. The minimum Gasteiger partial charge on any atom is -0.453 e. The van der Waals surface area contributed by atoms with Crippen LogP contribution in [0.25, 0.3) is 0 Å². The molecule has 114 valence electrons. The largest absolute Gasteiger partial charge is 0.453 e. The monoisotopic (exact) mass is 391 g/mol. The quantitative estimate of drug-likeness (QED) is 0.769. The highest BCUT2D eigenvalue weighted by molar-refractivity contribution is 9.10. The van der Waals surface area contributed by atoms with Crippen LogP contribution in [0.1, 0.15) is 30.0 Å². The standard InChI is InChI=1S/C14H15BrFNO2S2/c1-19-13(18)17-10-4-5-14(20-6-7-21-14)11-8(10)2-3-9(15)12(11)16/h2-3,10H,4-7H2,1H3,(H,17,18). The molecule has 0 radical (unpaired) electrons. The number of alkyl carbamates (subject to hydrolysis) is 1. The summed E-state index contributed by atoms with van der Waals surface area (Å²) in [7, 11) is 1.34. The molecule has 1 spiro atoms. The number of carbonyl (C=O) groups excluding carboxylic acids is 1. The van der Waals surface area contributed by atoms with Crippen molar-refractivity contribution in [1.82, 2.24) is 5.32 Å². The van der Waals surface area contributed by atoms with E-state index in [0.29, 0.717) is 4.47 Å². The molecule has 1 aliphatic carbocycles. The number of amides is 1. The molecular formula is C14H15BrFNO2S2. The Labute approximate surface area is 139 Å². The molecule has 1 heterocycles. The number of methoxy groups -OCH3 is 1. The average Bonchev–Trinajstić information content (AvgIpc) is 2.94. The van der Waals surface area contributed by atoms with Gasteiger partial charge in [0.05, 0.1) is 21.7 Å². The smallest absolute Gasteiger partial charge is 0.407 e. The number of ether oxygens (including phenoxy) is 1. The van der Waals surface area contributed by atoms with E-state index in [9.17, 15) is 9.18 Å². The second kappa shape index (κ2) is 6.01. The molecule has 3 rings (SSSR count). The van der Waals surface area contributed by atoms with Gasteiger partial charge in [-0.2, -0.15) is 0 Å². The van der Waals surface area contributed by atoms with Crippen molar-refractivity contribution in [3.05, 3.63) is 33.5 Å². The lowest BCUT2D eigenvalue weighted by Gasteiger charge is -2.38. The first-order chi connectivity index (χ1) is 10.1. The highest BCUT2D eigenvalue weighted by Crippen LogP contribution is 2.60. The minimum absolute atomic E-state index is 0.192. The molecule has 1 saturated heterocycles. The highest BCUT2D eigenvalue weighted by Gasteiger charge is 2.46. The Balaban J connectivity index is 2.06. The van der Waals surface area contributed by atoms with Crippen molar-refractivity contribution < 1.29 is 13.9 Å². The Morgan fingerprint density at radius 3 is 2.86 bits per heavy atom. The van der Waals surface area contributed by atoms with Crippen molar-refractivity contribution >= 4 is 45.5 Å². The second-order valence-electron chi connectivity index (χ2n) is 5.00. The first-order valence-electron chi connectivity index (χ1n) is 6.68. The predicted octanol–water partition coefficient (Wildman–Crippen LogP) is 4.41. The summed E-state index contributed by atoms with van der Waals surface area (Å²) < 4.78 is 19.7. The van der Waals surface area contributed by atoms with Crippen LogP contribution >= 0.6 is 39.5 Å². The van der Waals surface area contributed by atoms with Gasteiger partial charge in [0.1, 0.15) is 5.82 Å². The van der Waals surface area contributed by atoms with Gasteiger partial charge in [-0.1, -0.05) is 6.07 Å². The van der Waals surface area contributed by atoms with Gasteiger partial charge in [0, 0.05) is 17.1 Å². The summed E-state index contributed by atoms with van der Waals surface area (Å²) in [5.41, 5.74) is 1.60. The number of benzene rings is 1. The zero-order valence-electron chi connectivity index (χ0n) is 11.4. The minimum atomic E-state index is -0.475. The molecule has 1 aliphatic heterocycles. The molecule has 0 aromatic heterocycles. The van der Waals surface area contributed by atoms with Crippen molar-refractivity contribution in [3.63, 3.8) is 0 Å². The fourth-order valence-corrected chi connectivity index (χ4v) is 6.67. The maximum Gasteiger partial charge on any atom is 0.407 e. The van der Waals surface area contributed by atoms with Gasteiger partial charge in [0.25, 0.3) is 0 Å². The lowest BCUT2D eigenvalue weighted by atomic mass is 9.86. The molecule has 1 aromatic rings. The van der Waals surface area contributed by atoms with Crippen LogP contribution in [0, 0.1) is 5.82 Å². The summed E-state index contributed by atoms with van der Waals surface area (Å²) in [6.07, 6.45) is 1.16. The van der Waals surface area contributed by atoms with Crippen LogP contribution in [0.5, 0.6) is 0 Å². The van der Waals surface area contributed by atoms with Crippen LogP contribution in [-0.2, 0) is 8.82 Å². The van der Waals surface area contributed by atoms with Gasteiger partial charge in [-0.05, 0) is 40.4 Å². The van der Waals surface area contributed by atoms with Gasteiger partial charge >= 0.3 is 6.09 Å². The van der Waals surface area contributed by atoms with Crippen molar-refractivity contribution in [2.75, 3.05) is 18.6 Å². The van der Waals surface area contributed by atoms with E-state index in [4.69, 9.17) is 0 Å². The first-order valence-corrected chi connectivity index (χ1v) is 9.44. The molecule has 2 aliphatic rings. The Bertz CT molecular complexity index is 578. The number of fused-ring (bicyclic) bond motifs is 2. The normalized spacial score (nSPS) is 22.9. The lowest BCUT2D eigenvalue weighted by molar-refractivity contribution is 0.165. The molecular weight excluding hydrogens is 377 g/mol. The third-order valence-corrected chi connectivity index (χ3v) is 8.02. The van der Waals surface area contributed by atoms with E-state index in [-0.39, 0.29) is 15.9 Å². The molecule has 1 amide bonds. The Morgan fingerprint density at radius 2 is 2.19 bits per heavy atom. The zero-order chi connectivity index (χ0) is 15.0. The topological polar surface area (TPSA) is 38.3 Å². The number of hydrogen-bond donors (Lipinski definition) is 1. The van der Waals surface area contributed by atoms with Gasteiger partial charge in [0.15, 0.2) is 0 Å². The SMILES string of the molecule is COC(=O)NC1CCC2(SCCS2)c2c1ccc(Br)c2F. The summed E-state index contributed by atoms with van der Waals surface area (Å²) in [4.78, 5) is 11.5. The maximum atomic E-state index is 14.8. The van der Waals surface area contributed by atoms with Crippen LogP contribution in [0.2, 0.25) is 0 Å². The van der Waals surface area contributed by atoms with Gasteiger partial charge in [-0.15, -0.1) is 23.5 Å². The zero-order valence-corrected chi connectivity index (χ0v) is 14.7. The summed E-state index contributed by atoms with van der Waals surface area (Å²) in [5, 5.41) is 2.82. The van der Waals surface area contributed by atoms with Gasteiger partial charge < -0.3 is 10.1 Å². The lowest BCUT2D eigenvalue weighted by Crippen LogP contribution is -2.35. The number of halogens is 2. The van der Waals surface area contributed by atoms with Crippen LogP contribution in [-0.4, -0.2) is 24.7 Å².